The molecule has 4 atom stereocenters. The molecule has 0 radical (unpaired) electrons. The fourth-order valence-corrected chi connectivity index (χ4v) is 4.96. The number of carbonyl (C=O) groups is 3. The molecule has 1 saturated heterocycles. The maximum Gasteiger partial charge on any atom is 0.271 e. The van der Waals surface area contributed by atoms with Crippen molar-refractivity contribution in [2.75, 3.05) is 4.90 Å². The molecule has 2 aromatic carbocycles. The minimum Gasteiger partial charge on any atom is -0.299 e. The van der Waals surface area contributed by atoms with E-state index in [0.717, 1.165) is 16.0 Å². The summed E-state index contributed by atoms with van der Waals surface area (Å²) in [6.45, 7) is 0. The van der Waals surface area contributed by atoms with Crippen LogP contribution < -0.4 is 4.90 Å². The molecule has 2 amide bonds. The van der Waals surface area contributed by atoms with E-state index >= 15 is 0 Å². The van der Waals surface area contributed by atoms with Gasteiger partial charge in [-0.15, -0.1) is 0 Å². The first-order valence-electron chi connectivity index (χ1n) is 8.73. The summed E-state index contributed by atoms with van der Waals surface area (Å²) in [6, 6.07) is 13.0. The predicted molar refractivity (Wildman–Crippen MR) is 94.1 cm³/mol. The fraction of sp³-hybridized carbons (Fsp3) is 0.250. The highest BCUT2D eigenvalue weighted by Gasteiger charge is 2.62. The summed E-state index contributed by atoms with van der Waals surface area (Å²) in [7, 11) is 0. The smallest absolute Gasteiger partial charge is 0.271 e. The van der Waals surface area contributed by atoms with Gasteiger partial charge in [0.15, 0.2) is 0 Å². The largest absolute Gasteiger partial charge is 0.299 e. The quantitative estimate of drug-likeness (QED) is 0.465. The maximum absolute atomic E-state index is 13.2. The molecule has 2 fully saturated rings. The molecule has 0 aromatic heterocycles. The maximum atomic E-state index is 13.2. The lowest BCUT2D eigenvalue weighted by Crippen LogP contribution is -2.44. The number of ketones is 1. The van der Waals surface area contributed by atoms with E-state index in [-0.39, 0.29) is 35.4 Å². The molecule has 1 aliphatic heterocycles. The summed E-state index contributed by atoms with van der Waals surface area (Å²) in [5.41, 5.74) is 1.79. The molecule has 1 heterocycles. The Bertz CT molecular complexity index is 1050. The Morgan fingerprint density at radius 1 is 0.926 bits per heavy atom. The van der Waals surface area contributed by atoms with Gasteiger partial charge in [0.1, 0.15) is 5.78 Å². The van der Waals surface area contributed by atoms with Gasteiger partial charge < -0.3 is 0 Å². The molecule has 1 saturated carbocycles. The van der Waals surface area contributed by atoms with E-state index in [9.17, 15) is 24.5 Å². The van der Waals surface area contributed by atoms with E-state index in [4.69, 9.17) is 0 Å². The van der Waals surface area contributed by atoms with Crippen LogP contribution in [0.5, 0.6) is 0 Å². The average Bonchev–Trinajstić information content (AvgIpc) is 2.94. The molecule has 4 aliphatic rings. The number of nitro groups is 1. The predicted octanol–water partition coefficient (Wildman–Crippen LogP) is 2.55. The second-order valence-electron chi connectivity index (χ2n) is 7.22. The summed E-state index contributed by atoms with van der Waals surface area (Å²) in [4.78, 5) is 50.5. The van der Waals surface area contributed by atoms with Gasteiger partial charge in [-0.1, -0.05) is 30.3 Å². The zero-order valence-corrected chi connectivity index (χ0v) is 14.1. The van der Waals surface area contributed by atoms with E-state index in [0.29, 0.717) is 0 Å². The summed E-state index contributed by atoms with van der Waals surface area (Å²) < 4.78 is 0. The SMILES string of the molecule is O=C1C[C@H]2c3ccccc3[C@H]1[C@H]1C(=O)N(c3cccc([N+](=O)[O-])c3)C(=O)[C@H]12. The molecule has 0 N–H and O–H groups in total. The lowest BCUT2D eigenvalue weighted by Gasteiger charge is -2.43. The fourth-order valence-electron chi connectivity index (χ4n) is 4.96. The number of fused-ring (bicyclic) bond motifs is 1. The van der Waals surface area contributed by atoms with E-state index in [2.05, 4.69) is 0 Å². The first-order chi connectivity index (χ1) is 13.0. The van der Waals surface area contributed by atoms with Gasteiger partial charge in [-0.25, -0.2) is 4.90 Å². The molecule has 134 valence electrons. The van der Waals surface area contributed by atoms with Crippen molar-refractivity contribution in [1.82, 2.24) is 0 Å². The highest BCUT2D eigenvalue weighted by molar-refractivity contribution is 6.24. The van der Waals surface area contributed by atoms with Gasteiger partial charge in [-0.2, -0.15) is 0 Å². The zero-order valence-electron chi connectivity index (χ0n) is 14.1. The van der Waals surface area contributed by atoms with Gasteiger partial charge >= 0.3 is 0 Å². The summed E-state index contributed by atoms with van der Waals surface area (Å²) in [5.74, 6) is -3.07. The third-order valence-electron chi connectivity index (χ3n) is 5.99. The Labute approximate surface area is 153 Å². The monoisotopic (exact) mass is 362 g/mol. The van der Waals surface area contributed by atoms with Crippen LogP contribution in [-0.2, 0) is 14.4 Å². The first-order valence-corrected chi connectivity index (χ1v) is 8.73. The van der Waals surface area contributed by atoms with Gasteiger partial charge in [0.25, 0.3) is 5.69 Å². The lowest BCUT2D eigenvalue weighted by atomic mass is 9.56. The summed E-state index contributed by atoms with van der Waals surface area (Å²) in [5, 5.41) is 11.1. The number of imide groups is 1. The number of nitro benzene ring substituents is 1. The van der Waals surface area contributed by atoms with Crippen molar-refractivity contribution < 1.29 is 19.3 Å². The lowest BCUT2D eigenvalue weighted by molar-refractivity contribution is -0.384. The van der Waals surface area contributed by atoms with Crippen molar-refractivity contribution in [1.29, 1.82) is 0 Å². The topological polar surface area (TPSA) is 97.6 Å². The van der Waals surface area contributed by atoms with Crippen LogP contribution in [-0.4, -0.2) is 22.5 Å². The van der Waals surface area contributed by atoms with E-state index in [1.54, 1.807) is 0 Å². The van der Waals surface area contributed by atoms with Crippen LogP contribution in [0.4, 0.5) is 11.4 Å². The molecule has 2 bridgehead atoms. The molecular formula is C20H14N2O5. The van der Waals surface area contributed by atoms with Crippen molar-refractivity contribution in [2.24, 2.45) is 11.8 Å². The zero-order chi connectivity index (χ0) is 18.9. The molecular weight excluding hydrogens is 348 g/mol. The third kappa shape index (κ3) is 1.99. The molecule has 2 aromatic rings. The van der Waals surface area contributed by atoms with Crippen molar-refractivity contribution in [3.63, 3.8) is 0 Å². The number of nitrogens with zero attached hydrogens (tertiary/aromatic N) is 2. The Hall–Kier alpha value is -3.35. The van der Waals surface area contributed by atoms with Gasteiger partial charge in [0, 0.05) is 24.5 Å². The number of hydrogen-bond acceptors (Lipinski definition) is 5. The molecule has 7 nitrogen and oxygen atoms in total. The Morgan fingerprint density at radius 2 is 1.63 bits per heavy atom. The molecule has 0 spiro atoms. The van der Waals surface area contributed by atoms with Gasteiger partial charge in [0.2, 0.25) is 11.8 Å². The standard InChI is InChI=1S/C20H14N2O5/c23-15-9-14-12-6-1-2-7-13(12)16(15)18-17(14)19(24)21(20(18)25)10-4-3-5-11(8-10)22(26)27/h1-8,14,16-18H,9H2/t14-,16+,17-,18+/m0/s1. The number of carbonyl (C=O) groups excluding carboxylic acids is 3. The number of amides is 2. The second-order valence-corrected chi connectivity index (χ2v) is 7.22. The highest BCUT2D eigenvalue weighted by atomic mass is 16.6. The van der Waals surface area contributed by atoms with Crippen molar-refractivity contribution in [3.8, 4) is 0 Å². The molecule has 7 heteroatoms. The summed E-state index contributed by atoms with van der Waals surface area (Å²) in [6.07, 6.45) is 0.255. The minimum atomic E-state index is -0.724. The summed E-state index contributed by atoms with van der Waals surface area (Å²) >= 11 is 0. The number of benzene rings is 2. The van der Waals surface area contributed by atoms with Crippen molar-refractivity contribution >= 4 is 29.0 Å². The third-order valence-corrected chi connectivity index (χ3v) is 5.99. The number of Topliss-reactive ketones (excluding diaryl/α,β-unsaturated/α-hetero) is 1. The normalized spacial score (nSPS) is 28.3. The van der Waals surface area contributed by atoms with Gasteiger partial charge in [-0.3, -0.25) is 24.5 Å². The Kier molecular flexibility index (Phi) is 3.13. The molecule has 0 unspecified atom stereocenters. The van der Waals surface area contributed by atoms with Gasteiger partial charge in [-0.05, 0) is 17.2 Å². The van der Waals surface area contributed by atoms with Crippen LogP contribution >= 0.6 is 0 Å². The van der Waals surface area contributed by atoms with Crippen molar-refractivity contribution in [3.05, 3.63) is 69.8 Å². The first kappa shape index (κ1) is 15.9. The van der Waals surface area contributed by atoms with Crippen molar-refractivity contribution in [2.45, 2.75) is 18.3 Å². The van der Waals surface area contributed by atoms with Gasteiger partial charge in [0.05, 0.1) is 28.4 Å². The van der Waals surface area contributed by atoms with Crippen LogP contribution in [0, 0.1) is 22.0 Å². The van der Waals surface area contributed by atoms with Crippen LogP contribution in [0.15, 0.2) is 48.5 Å². The van der Waals surface area contributed by atoms with Crippen LogP contribution in [0.2, 0.25) is 0 Å². The number of rotatable bonds is 2. The van der Waals surface area contributed by atoms with E-state index in [1.807, 2.05) is 24.3 Å². The highest BCUT2D eigenvalue weighted by Crippen LogP contribution is 2.57. The van der Waals surface area contributed by atoms with E-state index in [1.165, 1.54) is 24.3 Å². The molecule has 27 heavy (non-hydrogen) atoms. The number of anilines is 1. The number of hydrogen-bond donors (Lipinski definition) is 0. The molecule has 6 rings (SSSR count). The van der Waals surface area contributed by atoms with Crippen LogP contribution in [0.3, 0.4) is 0 Å². The minimum absolute atomic E-state index is 0.0120. The molecule has 3 aliphatic carbocycles. The average molecular weight is 362 g/mol. The van der Waals surface area contributed by atoms with Crippen LogP contribution in [0.25, 0.3) is 0 Å². The Morgan fingerprint density at radius 3 is 2.37 bits per heavy atom. The number of non-ortho nitro benzene ring substituents is 1. The van der Waals surface area contributed by atoms with E-state index < -0.39 is 28.6 Å². The second kappa shape index (κ2) is 5.33. The Balaban J connectivity index is 1.63. The van der Waals surface area contributed by atoms with Crippen LogP contribution in [0.1, 0.15) is 29.4 Å².